The molecule has 156 valence electrons. The predicted octanol–water partition coefficient (Wildman–Crippen LogP) is 4.26. The summed E-state index contributed by atoms with van der Waals surface area (Å²) in [6.07, 6.45) is 0.256. The van der Waals surface area contributed by atoms with Gasteiger partial charge < -0.3 is 10.1 Å². The molecular weight excluding hydrogens is 390 g/mol. The van der Waals surface area contributed by atoms with Gasteiger partial charge in [0.05, 0.1) is 10.9 Å². The number of hydrogen-bond acceptors (Lipinski definition) is 3. The molecule has 1 heterocycles. The van der Waals surface area contributed by atoms with Gasteiger partial charge in [-0.05, 0) is 40.8 Å². The van der Waals surface area contributed by atoms with Crippen LogP contribution in [-0.2, 0) is 11.3 Å². The van der Waals surface area contributed by atoms with Crippen LogP contribution in [0.2, 0.25) is 0 Å². The molecule has 1 amide bonds. The van der Waals surface area contributed by atoms with Crippen LogP contribution in [0.3, 0.4) is 0 Å². The number of carbonyl (C=O) groups excluding carboxylic acids is 1. The number of nitrogens with one attached hydrogen (secondary N) is 2. The van der Waals surface area contributed by atoms with Crippen molar-refractivity contribution in [2.75, 3.05) is 13.2 Å². The summed E-state index contributed by atoms with van der Waals surface area (Å²) >= 11 is 0. The number of para-hydroxylation sites is 1. The molecule has 0 saturated heterocycles. The lowest BCUT2D eigenvalue weighted by atomic mass is 9.98. The second kappa shape index (κ2) is 8.14. The minimum Gasteiger partial charge on any atom is -0.449 e. The maximum Gasteiger partial charge on any atom is 0.407 e. The molecule has 1 aromatic heterocycles. The molecule has 0 aliphatic heterocycles. The minimum atomic E-state index is -0.423. The quantitative estimate of drug-likeness (QED) is 0.464. The van der Waals surface area contributed by atoms with Gasteiger partial charge in [-0.1, -0.05) is 60.7 Å². The molecule has 0 unspecified atom stereocenters. The van der Waals surface area contributed by atoms with E-state index in [1.54, 1.807) is 6.07 Å². The van der Waals surface area contributed by atoms with E-state index in [1.165, 1.54) is 22.3 Å². The van der Waals surface area contributed by atoms with Gasteiger partial charge in [0, 0.05) is 19.0 Å². The second-order valence-corrected chi connectivity index (χ2v) is 7.72. The molecule has 0 spiro atoms. The van der Waals surface area contributed by atoms with Crippen molar-refractivity contribution in [1.29, 1.82) is 0 Å². The Morgan fingerprint density at radius 3 is 2.32 bits per heavy atom. The minimum absolute atomic E-state index is 0.0504. The van der Waals surface area contributed by atoms with E-state index in [0.717, 1.165) is 5.52 Å². The molecule has 6 nitrogen and oxygen atoms in total. The van der Waals surface area contributed by atoms with Crippen LogP contribution in [0.15, 0.2) is 77.6 Å². The lowest BCUT2D eigenvalue weighted by Gasteiger charge is -2.14. The zero-order valence-corrected chi connectivity index (χ0v) is 17.0. The molecule has 4 aromatic rings. The van der Waals surface area contributed by atoms with E-state index < -0.39 is 6.09 Å². The van der Waals surface area contributed by atoms with Gasteiger partial charge >= 0.3 is 6.09 Å². The van der Waals surface area contributed by atoms with Gasteiger partial charge in [-0.2, -0.15) is 0 Å². The Hall–Kier alpha value is -3.80. The van der Waals surface area contributed by atoms with Crippen molar-refractivity contribution in [3.05, 3.63) is 94.3 Å². The Balaban J connectivity index is 1.15. The van der Waals surface area contributed by atoms with Crippen molar-refractivity contribution in [2.45, 2.75) is 18.9 Å². The van der Waals surface area contributed by atoms with E-state index in [-0.39, 0.29) is 11.5 Å². The summed E-state index contributed by atoms with van der Waals surface area (Å²) in [6.45, 7) is 1.37. The van der Waals surface area contributed by atoms with Crippen LogP contribution in [0.25, 0.3) is 22.0 Å². The number of rotatable bonds is 6. The normalized spacial score (nSPS) is 12.5. The van der Waals surface area contributed by atoms with Crippen LogP contribution in [0.1, 0.15) is 23.5 Å². The summed E-state index contributed by atoms with van der Waals surface area (Å²) < 4.78 is 7.37. The average molecular weight is 413 g/mol. The second-order valence-electron chi connectivity index (χ2n) is 7.72. The van der Waals surface area contributed by atoms with Crippen LogP contribution in [0.5, 0.6) is 0 Å². The Bertz CT molecular complexity index is 1260. The standard InChI is InChI=1S/C25H23N3O3/c29-24-21-12-5-6-13-23(21)28(27-24)15-7-14-26-25(30)31-16-22-19-10-3-1-8-17(19)18-9-2-4-11-20(18)22/h1-6,8-13,22H,7,14-16H2,(H,26,30)(H,27,29). The van der Waals surface area contributed by atoms with Crippen molar-refractivity contribution < 1.29 is 9.53 Å². The van der Waals surface area contributed by atoms with Gasteiger partial charge in [-0.3, -0.25) is 14.6 Å². The SMILES string of the molecule is O=C(NCCCn1[nH]c(=O)c2ccccc21)OCC1c2ccccc2-c2ccccc21. The Kier molecular flexibility index (Phi) is 5.04. The molecule has 6 heteroatoms. The number of carbonyl (C=O) groups is 1. The molecule has 0 fully saturated rings. The van der Waals surface area contributed by atoms with Gasteiger partial charge in [0.1, 0.15) is 6.61 Å². The fourth-order valence-electron chi connectivity index (χ4n) is 4.40. The number of amides is 1. The first-order valence-electron chi connectivity index (χ1n) is 10.5. The Morgan fingerprint density at radius 1 is 0.935 bits per heavy atom. The maximum absolute atomic E-state index is 12.3. The molecule has 0 saturated carbocycles. The highest BCUT2D eigenvalue weighted by atomic mass is 16.5. The molecule has 1 aliphatic rings. The van der Waals surface area contributed by atoms with E-state index in [2.05, 4.69) is 34.7 Å². The number of alkyl carbamates (subject to hydrolysis) is 1. The third kappa shape index (κ3) is 3.61. The van der Waals surface area contributed by atoms with Crippen molar-refractivity contribution >= 4 is 17.0 Å². The number of ether oxygens (including phenoxy) is 1. The van der Waals surface area contributed by atoms with Crippen LogP contribution < -0.4 is 10.9 Å². The molecule has 31 heavy (non-hydrogen) atoms. The summed E-state index contributed by atoms with van der Waals surface area (Å²) in [5.74, 6) is 0.0504. The maximum atomic E-state index is 12.3. The molecule has 5 rings (SSSR count). The number of aromatic amines is 1. The number of nitrogens with zero attached hydrogens (tertiary/aromatic N) is 1. The summed E-state index contributed by atoms with van der Waals surface area (Å²) in [7, 11) is 0. The smallest absolute Gasteiger partial charge is 0.407 e. The highest BCUT2D eigenvalue weighted by Crippen LogP contribution is 2.44. The van der Waals surface area contributed by atoms with Crippen molar-refractivity contribution in [3.8, 4) is 11.1 Å². The fourth-order valence-corrected chi connectivity index (χ4v) is 4.40. The first-order valence-corrected chi connectivity index (χ1v) is 10.5. The molecule has 3 aromatic carbocycles. The highest BCUT2D eigenvalue weighted by molar-refractivity contribution is 5.79. The summed E-state index contributed by atoms with van der Waals surface area (Å²) in [5, 5.41) is 6.33. The summed E-state index contributed by atoms with van der Waals surface area (Å²) in [4.78, 5) is 24.2. The molecule has 1 aliphatic carbocycles. The van der Waals surface area contributed by atoms with E-state index in [1.807, 2.05) is 47.1 Å². The number of hydrogen-bond donors (Lipinski definition) is 2. The number of aryl methyl sites for hydroxylation is 1. The number of aromatic nitrogens is 2. The van der Waals surface area contributed by atoms with Gasteiger partial charge in [0.15, 0.2) is 0 Å². The van der Waals surface area contributed by atoms with Crippen LogP contribution in [-0.4, -0.2) is 29.0 Å². The fraction of sp³-hybridized carbons (Fsp3) is 0.200. The lowest BCUT2D eigenvalue weighted by Crippen LogP contribution is -2.27. The van der Waals surface area contributed by atoms with E-state index >= 15 is 0 Å². The largest absolute Gasteiger partial charge is 0.449 e. The van der Waals surface area contributed by atoms with Gasteiger partial charge in [-0.25, -0.2) is 4.79 Å². The highest BCUT2D eigenvalue weighted by Gasteiger charge is 2.28. The van der Waals surface area contributed by atoms with Crippen LogP contribution >= 0.6 is 0 Å². The monoisotopic (exact) mass is 413 g/mol. The molecule has 0 atom stereocenters. The van der Waals surface area contributed by atoms with Gasteiger partial charge in [0.2, 0.25) is 0 Å². The van der Waals surface area contributed by atoms with Crippen molar-refractivity contribution in [1.82, 2.24) is 15.1 Å². The third-order valence-electron chi connectivity index (χ3n) is 5.85. The van der Waals surface area contributed by atoms with E-state index in [0.29, 0.717) is 31.5 Å². The van der Waals surface area contributed by atoms with Crippen LogP contribution in [0, 0.1) is 0 Å². The van der Waals surface area contributed by atoms with Crippen molar-refractivity contribution in [2.24, 2.45) is 0 Å². The molecule has 0 bridgehead atoms. The van der Waals surface area contributed by atoms with E-state index in [9.17, 15) is 9.59 Å². The third-order valence-corrected chi connectivity index (χ3v) is 5.85. The lowest BCUT2D eigenvalue weighted by molar-refractivity contribution is 0.143. The predicted molar refractivity (Wildman–Crippen MR) is 120 cm³/mol. The zero-order valence-electron chi connectivity index (χ0n) is 17.0. The molecule has 0 radical (unpaired) electrons. The summed E-state index contributed by atoms with van der Waals surface area (Å²) in [5.41, 5.74) is 5.58. The number of fused-ring (bicyclic) bond motifs is 4. The number of benzene rings is 3. The zero-order chi connectivity index (χ0) is 21.2. The van der Waals surface area contributed by atoms with Gasteiger partial charge in [-0.15, -0.1) is 0 Å². The molecule has 2 N–H and O–H groups in total. The molecular formula is C25H23N3O3. The Labute approximate surface area is 179 Å². The first kappa shape index (κ1) is 19.2. The average Bonchev–Trinajstić information content (AvgIpc) is 3.30. The van der Waals surface area contributed by atoms with Crippen LogP contribution in [0.4, 0.5) is 4.79 Å². The van der Waals surface area contributed by atoms with Gasteiger partial charge in [0.25, 0.3) is 5.56 Å². The number of H-pyrrole nitrogens is 1. The first-order chi connectivity index (χ1) is 15.2. The Morgan fingerprint density at radius 2 is 1.58 bits per heavy atom. The van der Waals surface area contributed by atoms with Crippen molar-refractivity contribution in [3.63, 3.8) is 0 Å². The van der Waals surface area contributed by atoms with E-state index in [4.69, 9.17) is 4.74 Å². The topological polar surface area (TPSA) is 76.1 Å². The summed E-state index contributed by atoms with van der Waals surface area (Å²) in [6, 6.07) is 24.0.